The third kappa shape index (κ3) is 3.46. The predicted octanol–water partition coefficient (Wildman–Crippen LogP) is 2.36. The summed E-state index contributed by atoms with van der Waals surface area (Å²) in [6.07, 6.45) is 0. The van der Waals surface area contributed by atoms with E-state index < -0.39 is 0 Å². The molecular weight excluding hydrogens is 318 g/mol. The first-order valence-corrected chi connectivity index (χ1v) is 7.18. The highest BCUT2D eigenvalue weighted by Crippen LogP contribution is 2.24. The molecule has 5 nitrogen and oxygen atoms in total. The van der Waals surface area contributed by atoms with Gasteiger partial charge >= 0.3 is 0 Å². The van der Waals surface area contributed by atoms with Crippen LogP contribution >= 0.6 is 27.3 Å². The molecule has 0 saturated carbocycles. The predicted molar refractivity (Wildman–Crippen MR) is 76.2 cm³/mol. The Balaban J connectivity index is 2.79. The number of amidine groups is 1. The molecule has 1 rings (SSSR count). The van der Waals surface area contributed by atoms with E-state index in [1.54, 1.807) is 4.90 Å². The highest BCUT2D eigenvalue weighted by Gasteiger charge is 2.21. The molecule has 0 saturated heterocycles. The maximum Gasteiger partial charge on any atom is 0.265 e. The molecule has 18 heavy (non-hydrogen) atoms. The summed E-state index contributed by atoms with van der Waals surface area (Å²) >= 11 is 4.74. The molecular formula is C11H16BrN3O2S. The maximum absolute atomic E-state index is 12.3. The molecule has 0 aliphatic rings. The Hall–Kier alpha value is -1.08. The van der Waals surface area contributed by atoms with Crippen LogP contribution in [0.5, 0.6) is 0 Å². The second-order valence-electron chi connectivity index (χ2n) is 3.87. The lowest BCUT2D eigenvalue weighted by Gasteiger charge is -2.23. The zero-order valence-electron chi connectivity index (χ0n) is 10.3. The van der Waals surface area contributed by atoms with Crippen LogP contribution < -0.4 is 5.73 Å². The number of oxime groups is 1. The van der Waals surface area contributed by atoms with Crippen molar-refractivity contribution in [1.29, 1.82) is 0 Å². The van der Waals surface area contributed by atoms with Gasteiger partial charge in [-0.1, -0.05) is 12.1 Å². The number of thiophene rings is 1. The number of carbonyl (C=O) groups is 1. The lowest BCUT2D eigenvalue weighted by molar-refractivity contribution is 0.0758. The number of amides is 1. The van der Waals surface area contributed by atoms with Crippen molar-refractivity contribution in [2.24, 2.45) is 16.8 Å². The van der Waals surface area contributed by atoms with Crippen LogP contribution in [0.2, 0.25) is 0 Å². The van der Waals surface area contributed by atoms with E-state index in [0.29, 0.717) is 18.0 Å². The highest BCUT2D eigenvalue weighted by molar-refractivity contribution is 9.10. The van der Waals surface area contributed by atoms with Crippen LogP contribution in [0.1, 0.15) is 23.5 Å². The molecule has 100 valence electrons. The van der Waals surface area contributed by atoms with Crippen molar-refractivity contribution in [2.45, 2.75) is 13.8 Å². The van der Waals surface area contributed by atoms with Gasteiger partial charge in [0.05, 0.1) is 0 Å². The summed E-state index contributed by atoms with van der Waals surface area (Å²) in [5, 5.41) is 13.4. The first-order chi connectivity index (χ1) is 8.51. The maximum atomic E-state index is 12.3. The Morgan fingerprint density at radius 3 is 2.83 bits per heavy atom. The zero-order chi connectivity index (χ0) is 13.7. The largest absolute Gasteiger partial charge is 0.409 e. The van der Waals surface area contributed by atoms with E-state index in [1.807, 2.05) is 25.3 Å². The van der Waals surface area contributed by atoms with E-state index in [4.69, 9.17) is 10.9 Å². The second kappa shape index (κ2) is 6.75. The van der Waals surface area contributed by atoms with Crippen molar-refractivity contribution in [2.75, 3.05) is 13.1 Å². The fourth-order valence-corrected chi connectivity index (χ4v) is 2.98. The van der Waals surface area contributed by atoms with Gasteiger partial charge in [-0.3, -0.25) is 4.79 Å². The monoisotopic (exact) mass is 333 g/mol. The van der Waals surface area contributed by atoms with E-state index in [1.165, 1.54) is 11.3 Å². The van der Waals surface area contributed by atoms with Gasteiger partial charge in [0.25, 0.3) is 5.91 Å². The van der Waals surface area contributed by atoms with E-state index in [-0.39, 0.29) is 17.7 Å². The van der Waals surface area contributed by atoms with Crippen molar-refractivity contribution in [3.8, 4) is 0 Å². The minimum atomic E-state index is -0.183. The fourth-order valence-electron chi connectivity index (χ4n) is 1.47. The van der Waals surface area contributed by atoms with Gasteiger partial charge < -0.3 is 15.8 Å². The van der Waals surface area contributed by atoms with E-state index in [2.05, 4.69) is 21.1 Å². The van der Waals surface area contributed by atoms with Crippen LogP contribution in [0.3, 0.4) is 0 Å². The third-order valence-electron chi connectivity index (χ3n) is 2.59. The number of hydrogen-bond acceptors (Lipinski definition) is 4. The topological polar surface area (TPSA) is 78.9 Å². The Bertz CT molecular complexity index is 447. The first kappa shape index (κ1) is 15.0. The summed E-state index contributed by atoms with van der Waals surface area (Å²) in [4.78, 5) is 14.6. The fraction of sp³-hybridized carbons (Fsp3) is 0.455. The van der Waals surface area contributed by atoms with Gasteiger partial charge in [0.1, 0.15) is 10.7 Å². The summed E-state index contributed by atoms with van der Waals surface area (Å²) in [6.45, 7) is 4.72. The smallest absolute Gasteiger partial charge is 0.265 e. The van der Waals surface area contributed by atoms with Crippen LogP contribution in [-0.2, 0) is 0 Å². The van der Waals surface area contributed by atoms with E-state index in [0.717, 1.165) is 4.47 Å². The van der Waals surface area contributed by atoms with Crippen LogP contribution in [0.15, 0.2) is 21.1 Å². The minimum absolute atomic E-state index is 0.0445. The highest BCUT2D eigenvalue weighted by atomic mass is 79.9. The number of rotatable bonds is 5. The van der Waals surface area contributed by atoms with E-state index in [9.17, 15) is 4.79 Å². The van der Waals surface area contributed by atoms with Gasteiger partial charge in [0.2, 0.25) is 0 Å². The van der Waals surface area contributed by atoms with Crippen molar-refractivity contribution < 1.29 is 10.0 Å². The summed E-state index contributed by atoms with van der Waals surface area (Å²) in [6, 6.07) is 1.85. The number of carbonyl (C=O) groups excluding carboxylic acids is 1. The van der Waals surface area contributed by atoms with Gasteiger partial charge in [-0.05, 0) is 34.3 Å². The summed E-state index contributed by atoms with van der Waals surface area (Å²) in [7, 11) is 0. The average molecular weight is 334 g/mol. The van der Waals surface area contributed by atoms with Crippen LogP contribution in [0.25, 0.3) is 0 Å². The number of nitrogens with zero attached hydrogens (tertiary/aromatic N) is 2. The molecule has 0 bridgehead atoms. The molecule has 7 heteroatoms. The quantitative estimate of drug-likeness (QED) is 0.375. The molecule has 0 radical (unpaired) electrons. The minimum Gasteiger partial charge on any atom is -0.409 e. The molecule has 1 aromatic heterocycles. The van der Waals surface area contributed by atoms with Crippen LogP contribution in [0.4, 0.5) is 0 Å². The molecule has 1 atom stereocenters. The van der Waals surface area contributed by atoms with Crippen molar-refractivity contribution in [3.05, 3.63) is 20.8 Å². The van der Waals surface area contributed by atoms with Gasteiger partial charge in [-0.25, -0.2) is 0 Å². The van der Waals surface area contributed by atoms with Crippen molar-refractivity contribution in [1.82, 2.24) is 4.90 Å². The van der Waals surface area contributed by atoms with E-state index >= 15 is 0 Å². The molecule has 0 fully saturated rings. The molecule has 1 unspecified atom stereocenters. The molecule has 0 aromatic carbocycles. The van der Waals surface area contributed by atoms with Crippen molar-refractivity contribution >= 4 is 39.0 Å². The number of halogens is 1. The molecule has 1 heterocycles. The Kier molecular flexibility index (Phi) is 5.61. The Morgan fingerprint density at radius 1 is 1.72 bits per heavy atom. The van der Waals surface area contributed by atoms with Crippen LogP contribution in [0, 0.1) is 5.92 Å². The lowest BCUT2D eigenvalue weighted by Crippen LogP contribution is -2.38. The molecule has 0 aliphatic carbocycles. The number of nitrogens with two attached hydrogens (primary N) is 1. The van der Waals surface area contributed by atoms with Crippen molar-refractivity contribution in [3.63, 3.8) is 0 Å². The third-order valence-corrected chi connectivity index (χ3v) is 4.42. The van der Waals surface area contributed by atoms with Gasteiger partial charge in [-0.2, -0.15) is 0 Å². The van der Waals surface area contributed by atoms with Gasteiger partial charge in [-0.15, -0.1) is 11.3 Å². The zero-order valence-corrected chi connectivity index (χ0v) is 12.7. The van der Waals surface area contributed by atoms with Crippen LogP contribution in [-0.4, -0.2) is 34.9 Å². The molecule has 0 spiro atoms. The average Bonchev–Trinajstić information content (AvgIpc) is 2.79. The Labute approximate surface area is 118 Å². The lowest BCUT2D eigenvalue weighted by atomic mass is 10.1. The SMILES string of the molecule is CCN(CC(C)C(N)=NO)C(=O)c1sccc1Br. The normalized spacial score (nSPS) is 13.4. The Morgan fingerprint density at radius 2 is 2.39 bits per heavy atom. The number of hydrogen-bond donors (Lipinski definition) is 2. The summed E-state index contributed by atoms with van der Waals surface area (Å²) < 4.78 is 0.799. The standard InChI is InChI=1S/C11H16BrN3O2S/c1-3-15(6-7(2)10(13)14-17)11(16)9-8(12)4-5-18-9/h4-5,7,17H,3,6H2,1-2H3,(H2,13,14). The summed E-state index contributed by atoms with van der Waals surface area (Å²) in [5.74, 6) is -0.0962. The second-order valence-corrected chi connectivity index (χ2v) is 5.64. The summed E-state index contributed by atoms with van der Waals surface area (Å²) in [5.41, 5.74) is 5.52. The van der Waals surface area contributed by atoms with Gasteiger partial charge in [0, 0.05) is 23.5 Å². The molecule has 1 aromatic rings. The van der Waals surface area contributed by atoms with Gasteiger partial charge in [0.15, 0.2) is 0 Å². The molecule has 3 N–H and O–H groups in total. The molecule has 1 amide bonds. The molecule has 0 aliphatic heterocycles. The first-order valence-electron chi connectivity index (χ1n) is 5.50.